The Bertz CT molecular complexity index is 152. The van der Waals surface area contributed by atoms with Gasteiger partial charge in [-0.1, -0.05) is 71.6 Å². The summed E-state index contributed by atoms with van der Waals surface area (Å²) in [4.78, 5) is 0. The molecule has 16 heavy (non-hydrogen) atoms. The van der Waals surface area contributed by atoms with Gasteiger partial charge in [0.15, 0.2) is 0 Å². The average Bonchev–Trinajstić information content (AvgIpc) is 2.21. The number of hydrogen-bond donors (Lipinski definition) is 1. The molecule has 0 amide bonds. The zero-order chi connectivity index (χ0) is 11.6. The Kier molecular flexibility index (Phi) is 7.92. The molecule has 1 aliphatic heterocycles. The van der Waals surface area contributed by atoms with Crippen LogP contribution in [0.3, 0.4) is 0 Å². The lowest BCUT2D eigenvalue weighted by Gasteiger charge is -2.35. The van der Waals surface area contributed by atoms with Gasteiger partial charge in [0.05, 0.1) is 0 Å². The third-order valence-electron chi connectivity index (χ3n) is 4.09. The normalized spacial score (nSPS) is 18.4. The number of rotatable bonds is 10. The molecule has 0 spiro atoms. The molecule has 1 heteroatoms. The van der Waals surface area contributed by atoms with Gasteiger partial charge in [0, 0.05) is 0 Å². The molecule has 1 fully saturated rings. The first-order valence-electron chi connectivity index (χ1n) is 7.59. The molecule has 0 aromatic rings. The maximum absolute atomic E-state index is 3.43. The molecule has 0 aromatic carbocycles. The van der Waals surface area contributed by atoms with Crippen LogP contribution in [-0.2, 0) is 0 Å². The molecule has 1 unspecified atom stereocenters. The van der Waals surface area contributed by atoms with E-state index in [9.17, 15) is 0 Å². The molecule has 1 heterocycles. The van der Waals surface area contributed by atoms with Gasteiger partial charge >= 0.3 is 0 Å². The molecule has 1 aliphatic rings. The number of hydrogen-bond acceptors (Lipinski definition) is 1. The Hall–Kier alpha value is -0.0400. The predicted molar refractivity (Wildman–Crippen MR) is 72.8 cm³/mol. The minimum absolute atomic E-state index is 1.01. The van der Waals surface area contributed by atoms with Crippen LogP contribution < -0.4 is 5.32 Å². The molecule has 0 aromatic heterocycles. The van der Waals surface area contributed by atoms with Gasteiger partial charge in [-0.3, -0.25) is 0 Å². The second kappa shape index (κ2) is 9.04. The maximum Gasteiger partial charge on any atom is -0.000559 e. The fraction of sp³-hybridized carbons (Fsp3) is 1.00. The largest absolute Gasteiger partial charge is 0.316 e. The zero-order valence-electron chi connectivity index (χ0n) is 11.4. The summed E-state index contributed by atoms with van der Waals surface area (Å²) in [5, 5.41) is 3.43. The van der Waals surface area contributed by atoms with E-state index >= 15 is 0 Å². The van der Waals surface area contributed by atoms with Gasteiger partial charge in [0.2, 0.25) is 0 Å². The van der Waals surface area contributed by atoms with Gasteiger partial charge in [-0.05, 0) is 24.9 Å². The van der Waals surface area contributed by atoms with Crippen LogP contribution in [0.5, 0.6) is 0 Å². The highest BCUT2D eigenvalue weighted by molar-refractivity contribution is 4.81. The highest BCUT2D eigenvalue weighted by Crippen LogP contribution is 2.27. The summed E-state index contributed by atoms with van der Waals surface area (Å²) in [5.74, 6) is 2.04. The van der Waals surface area contributed by atoms with Crippen LogP contribution in [0.4, 0.5) is 0 Å². The minimum atomic E-state index is 1.01. The van der Waals surface area contributed by atoms with Crippen molar-refractivity contribution in [1.82, 2.24) is 5.32 Å². The van der Waals surface area contributed by atoms with Crippen molar-refractivity contribution < 1.29 is 0 Å². The van der Waals surface area contributed by atoms with E-state index in [1.54, 1.807) is 0 Å². The van der Waals surface area contributed by atoms with Crippen molar-refractivity contribution in [2.45, 2.75) is 71.6 Å². The SMILES string of the molecule is CCCCCCC(CCCCC)C1CNC1. The second-order valence-electron chi connectivity index (χ2n) is 5.52. The van der Waals surface area contributed by atoms with E-state index in [4.69, 9.17) is 0 Å². The first kappa shape index (κ1) is 14.0. The van der Waals surface area contributed by atoms with Gasteiger partial charge in [0.25, 0.3) is 0 Å². The lowest BCUT2D eigenvalue weighted by Crippen LogP contribution is -2.46. The Balaban J connectivity index is 2.10. The summed E-state index contributed by atoms with van der Waals surface area (Å²) in [6.45, 7) is 7.20. The topological polar surface area (TPSA) is 12.0 Å². The first-order chi connectivity index (χ1) is 7.88. The second-order valence-corrected chi connectivity index (χ2v) is 5.52. The molecular formula is C15H31N. The van der Waals surface area contributed by atoms with E-state index in [1.165, 1.54) is 70.9 Å². The van der Waals surface area contributed by atoms with Gasteiger partial charge in [-0.15, -0.1) is 0 Å². The monoisotopic (exact) mass is 225 g/mol. The molecule has 1 rings (SSSR count). The van der Waals surface area contributed by atoms with Crippen molar-refractivity contribution in [3.05, 3.63) is 0 Å². The van der Waals surface area contributed by atoms with E-state index < -0.39 is 0 Å². The summed E-state index contributed by atoms with van der Waals surface area (Å²) in [6.07, 6.45) is 13.0. The van der Waals surface area contributed by atoms with E-state index in [0.29, 0.717) is 0 Å². The summed E-state index contributed by atoms with van der Waals surface area (Å²) in [5.41, 5.74) is 0. The standard InChI is InChI=1S/C15H31N/c1-3-5-7-9-11-14(10-8-6-4-2)15-12-16-13-15/h14-16H,3-13H2,1-2H3. The molecule has 1 saturated heterocycles. The van der Waals surface area contributed by atoms with Crippen molar-refractivity contribution in [3.63, 3.8) is 0 Å². The molecule has 0 bridgehead atoms. The van der Waals surface area contributed by atoms with Gasteiger partial charge in [-0.2, -0.15) is 0 Å². The third kappa shape index (κ3) is 5.34. The number of unbranched alkanes of at least 4 members (excludes halogenated alkanes) is 5. The first-order valence-corrected chi connectivity index (χ1v) is 7.59. The van der Waals surface area contributed by atoms with Crippen molar-refractivity contribution >= 4 is 0 Å². The van der Waals surface area contributed by atoms with Gasteiger partial charge in [-0.25, -0.2) is 0 Å². The Morgan fingerprint density at radius 2 is 1.44 bits per heavy atom. The Morgan fingerprint density at radius 3 is 1.94 bits per heavy atom. The minimum Gasteiger partial charge on any atom is -0.316 e. The fourth-order valence-electron chi connectivity index (χ4n) is 2.75. The Morgan fingerprint density at radius 1 is 0.875 bits per heavy atom. The quantitative estimate of drug-likeness (QED) is 0.544. The van der Waals surface area contributed by atoms with Crippen LogP contribution >= 0.6 is 0 Å². The number of nitrogens with one attached hydrogen (secondary N) is 1. The van der Waals surface area contributed by atoms with Crippen LogP contribution in [-0.4, -0.2) is 13.1 Å². The zero-order valence-corrected chi connectivity index (χ0v) is 11.4. The van der Waals surface area contributed by atoms with Crippen molar-refractivity contribution in [2.24, 2.45) is 11.8 Å². The lowest BCUT2D eigenvalue weighted by molar-refractivity contribution is 0.202. The maximum atomic E-state index is 3.43. The smallest absolute Gasteiger partial charge is 0.000559 e. The summed E-state index contributed by atoms with van der Waals surface area (Å²) >= 11 is 0. The third-order valence-corrected chi connectivity index (χ3v) is 4.09. The summed E-state index contributed by atoms with van der Waals surface area (Å²) in [7, 11) is 0. The molecule has 1 nitrogen and oxygen atoms in total. The summed E-state index contributed by atoms with van der Waals surface area (Å²) < 4.78 is 0. The molecule has 0 aliphatic carbocycles. The van der Waals surface area contributed by atoms with Crippen LogP contribution in [0.15, 0.2) is 0 Å². The van der Waals surface area contributed by atoms with Crippen molar-refractivity contribution in [2.75, 3.05) is 13.1 Å². The molecule has 0 radical (unpaired) electrons. The van der Waals surface area contributed by atoms with Crippen molar-refractivity contribution in [1.29, 1.82) is 0 Å². The van der Waals surface area contributed by atoms with E-state index in [0.717, 1.165) is 11.8 Å². The highest BCUT2D eigenvalue weighted by atomic mass is 14.9. The predicted octanol–water partition coefficient (Wildman–Crippen LogP) is 4.37. The van der Waals surface area contributed by atoms with E-state index in [2.05, 4.69) is 19.2 Å². The van der Waals surface area contributed by atoms with Gasteiger partial charge < -0.3 is 5.32 Å². The van der Waals surface area contributed by atoms with Crippen LogP contribution in [0.25, 0.3) is 0 Å². The van der Waals surface area contributed by atoms with E-state index in [1.807, 2.05) is 0 Å². The van der Waals surface area contributed by atoms with Crippen LogP contribution in [0.2, 0.25) is 0 Å². The fourth-order valence-corrected chi connectivity index (χ4v) is 2.75. The molecule has 0 saturated carbocycles. The van der Waals surface area contributed by atoms with Crippen LogP contribution in [0, 0.1) is 11.8 Å². The van der Waals surface area contributed by atoms with E-state index in [-0.39, 0.29) is 0 Å². The molecular weight excluding hydrogens is 194 g/mol. The highest BCUT2D eigenvalue weighted by Gasteiger charge is 2.25. The van der Waals surface area contributed by atoms with Crippen LogP contribution in [0.1, 0.15) is 71.6 Å². The van der Waals surface area contributed by atoms with Crippen molar-refractivity contribution in [3.8, 4) is 0 Å². The van der Waals surface area contributed by atoms with Gasteiger partial charge in [0.1, 0.15) is 0 Å². The Labute approximate surface area is 102 Å². The summed E-state index contributed by atoms with van der Waals surface area (Å²) in [6, 6.07) is 0. The molecule has 1 N–H and O–H groups in total. The molecule has 1 atom stereocenters. The average molecular weight is 225 g/mol. The lowest BCUT2D eigenvalue weighted by atomic mass is 9.80. The molecule has 96 valence electrons.